The monoisotopic (exact) mass is 920 g/mol. The van der Waals surface area contributed by atoms with E-state index in [0.717, 1.165) is 90.3 Å². The normalized spacial score (nSPS) is 20.8. The van der Waals surface area contributed by atoms with Crippen molar-refractivity contribution in [3.8, 4) is 0 Å². The molecule has 2 aliphatic carbocycles. The van der Waals surface area contributed by atoms with Gasteiger partial charge >= 0.3 is 35.8 Å². The zero-order chi connectivity index (χ0) is 47.2. The largest absolute Gasteiger partial charge is 0.466 e. The second-order valence-electron chi connectivity index (χ2n) is 20.3. The van der Waals surface area contributed by atoms with Crippen LogP contribution in [-0.4, -0.2) is 100.0 Å². The number of nitrogens with zero attached hydrogens (tertiary/aromatic N) is 1. The van der Waals surface area contributed by atoms with Crippen molar-refractivity contribution in [1.82, 2.24) is 4.90 Å². The first-order valence-corrected chi connectivity index (χ1v) is 26.0. The standard InChI is InChI=1S/C52H89NO12/c1-5-7-9-11-13-17-30-60-45(54)22-19-24-47(56)62-38-52(40-64-49(58)26-21-29-53-27-15-16-28-53,39-63-48(57)25-20-23-46(55)61-31-18-14-12-10-8-6-2)41-65-50(59)37-51-34-42(3)32-44(36-51)33-43(4)35-51/h42-44H,5-41H2,1-4H3. The smallest absolute Gasteiger partial charge is 0.306 e. The third kappa shape index (κ3) is 24.9. The Bertz CT molecular complexity index is 1320. The van der Waals surface area contributed by atoms with E-state index in [0.29, 0.717) is 37.4 Å². The van der Waals surface area contributed by atoms with Gasteiger partial charge in [0.25, 0.3) is 0 Å². The van der Waals surface area contributed by atoms with Crippen molar-refractivity contribution >= 4 is 35.8 Å². The van der Waals surface area contributed by atoms with Gasteiger partial charge in [0.15, 0.2) is 0 Å². The fourth-order valence-electron chi connectivity index (χ4n) is 10.4. The average molecular weight is 920 g/mol. The van der Waals surface area contributed by atoms with Crippen LogP contribution in [0.4, 0.5) is 0 Å². The Labute approximate surface area is 392 Å². The summed E-state index contributed by atoms with van der Waals surface area (Å²) in [6, 6.07) is 0. The third-order valence-electron chi connectivity index (χ3n) is 13.5. The van der Waals surface area contributed by atoms with Crippen molar-refractivity contribution in [2.45, 2.75) is 207 Å². The molecule has 0 aromatic rings. The molecule has 3 aliphatic rings. The quantitative estimate of drug-likeness (QED) is 0.0332. The maximum atomic E-state index is 13.8. The molecule has 2 unspecified atom stereocenters. The number of rotatable bonds is 36. The van der Waals surface area contributed by atoms with Crippen molar-refractivity contribution in [1.29, 1.82) is 0 Å². The van der Waals surface area contributed by atoms with E-state index in [1.165, 1.54) is 51.4 Å². The highest BCUT2D eigenvalue weighted by Gasteiger charge is 2.46. The molecule has 65 heavy (non-hydrogen) atoms. The lowest BCUT2D eigenvalue weighted by atomic mass is 9.56. The molecule has 2 atom stereocenters. The third-order valence-corrected chi connectivity index (χ3v) is 13.5. The second-order valence-corrected chi connectivity index (χ2v) is 20.3. The van der Waals surface area contributed by atoms with Crippen molar-refractivity contribution < 1.29 is 57.2 Å². The Morgan fingerprint density at radius 1 is 0.477 bits per heavy atom. The molecule has 2 saturated carbocycles. The predicted molar refractivity (Wildman–Crippen MR) is 250 cm³/mol. The van der Waals surface area contributed by atoms with E-state index in [9.17, 15) is 28.8 Å². The van der Waals surface area contributed by atoms with E-state index in [4.69, 9.17) is 28.4 Å². The van der Waals surface area contributed by atoms with Gasteiger partial charge in [0, 0.05) is 32.1 Å². The van der Waals surface area contributed by atoms with Crippen LogP contribution in [0.15, 0.2) is 0 Å². The number of likely N-dealkylation sites (tertiary alicyclic amines) is 1. The molecule has 13 heteroatoms. The SMILES string of the molecule is CCCCCCCCOC(=O)CCCC(=O)OCC(COC(=O)CCCC(=O)OCCCCCCCC)(COC(=O)CCCN1CCCC1)COC(=O)CC12CC(C)CC(CC(C)C1)C2. The Morgan fingerprint density at radius 3 is 1.31 bits per heavy atom. The summed E-state index contributed by atoms with van der Waals surface area (Å²) < 4.78 is 34.2. The summed E-state index contributed by atoms with van der Waals surface area (Å²) in [7, 11) is 0. The first-order chi connectivity index (χ1) is 31.3. The van der Waals surface area contributed by atoms with Crippen LogP contribution >= 0.6 is 0 Å². The van der Waals surface area contributed by atoms with Gasteiger partial charge in [0.2, 0.25) is 0 Å². The van der Waals surface area contributed by atoms with E-state index in [1.54, 1.807) is 0 Å². The molecule has 1 heterocycles. The number of hydrogen-bond acceptors (Lipinski definition) is 13. The van der Waals surface area contributed by atoms with Crippen LogP contribution in [0.3, 0.4) is 0 Å². The predicted octanol–water partition coefficient (Wildman–Crippen LogP) is 10.4. The van der Waals surface area contributed by atoms with Gasteiger partial charge in [0.05, 0.1) is 19.6 Å². The van der Waals surface area contributed by atoms with Gasteiger partial charge in [-0.1, -0.05) is 91.9 Å². The van der Waals surface area contributed by atoms with E-state index >= 15 is 0 Å². The lowest BCUT2D eigenvalue weighted by Gasteiger charge is -2.49. The minimum Gasteiger partial charge on any atom is -0.466 e. The maximum absolute atomic E-state index is 13.8. The Morgan fingerprint density at radius 2 is 0.862 bits per heavy atom. The molecule has 0 aromatic carbocycles. The average Bonchev–Trinajstić information content (AvgIpc) is 3.78. The number of hydrogen-bond donors (Lipinski definition) is 0. The highest BCUT2D eigenvalue weighted by molar-refractivity contribution is 5.74. The minimum absolute atomic E-state index is 0.0623. The molecule has 374 valence electrons. The van der Waals surface area contributed by atoms with Crippen molar-refractivity contribution in [3.63, 3.8) is 0 Å². The molecule has 1 aliphatic heterocycles. The van der Waals surface area contributed by atoms with Crippen LogP contribution in [0.1, 0.15) is 207 Å². The summed E-state index contributed by atoms with van der Waals surface area (Å²) >= 11 is 0. The van der Waals surface area contributed by atoms with Gasteiger partial charge in [-0.15, -0.1) is 0 Å². The summed E-state index contributed by atoms with van der Waals surface area (Å²) in [4.78, 5) is 80.5. The fourth-order valence-corrected chi connectivity index (χ4v) is 10.4. The lowest BCUT2D eigenvalue weighted by molar-refractivity contribution is -0.172. The Hall–Kier alpha value is -3.22. The summed E-state index contributed by atoms with van der Waals surface area (Å²) in [6.45, 7) is 11.0. The van der Waals surface area contributed by atoms with Gasteiger partial charge in [-0.2, -0.15) is 0 Å². The molecule has 2 bridgehead atoms. The van der Waals surface area contributed by atoms with Gasteiger partial charge < -0.3 is 33.3 Å². The van der Waals surface area contributed by atoms with Gasteiger partial charge in [-0.3, -0.25) is 28.8 Å². The van der Waals surface area contributed by atoms with Crippen LogP contribution in [0.2, 0.25) is 0 Å². The molecule has 0 N–H and O–H groups in total. The number of carbonyl (C=O) groups excluding carboxylic acids is 6. The number of carbonyl (C=O) groups is 6. The van der Waals surface area contributed by atoms with Crippen molar-refractivity contribution in [2.24, 2.45) is 28.6 Å². The second kappa shape index (κ2) is 32.5. The van der Waals surface area contributed by atoms with E-state index < -0.39 is 23.3 Å². The highest BCUT2D eigenvalue weighted by atomic mass is 16.6. The Balaban J connectivity index is 1.64. The summed E-state index contributed by atoms with van der Waals surface area (Å²) in [5, 5.41) is 0. The number of esters is 6. The summed E-state index contributed by atoms with van der Waals surface area (Å²) in [5.74, 6) is -1.14. The van der Waals surface area contributed by atoms with Gasteiger partial charge in [-0.05, 0) is 120 Å². The zero-order valence-corrected chi connectivity index (χ0v) is 41.2. The molecule has 0 spiro atoms. The number of fused-ring (bicyclic) bond motifs is 2. The van der Waals surface area contributed by atoms with Crippen LogP contribution in [0.5, 0.6) is 0 Å². The minimum atomic E-state index is -1.41. The molecule has 13 nitrogen and oxygen atoms in total. The topological polar surface area (TPSA) is 161 Å². The number of ether oxygens (including phenoxy) is 6. The summed E-state index contributed by atoms with van der Waals surface area (Å²) in [6.07, 6.45) is 22.0. The zero-order valence-electron chi connectivity index (χ0n) is 41.2. The fraction of sp³-hybridized carbons (Fsp3) is 0.885. The van der Waals surface area contributed by atoms with Crippen LogP contribution < -0.4 is 0 Å². The first kappa shape index (κ1) is 56.1. The first-order valence-electron chi connectivity index (χ1n) is 26.0. The lowest BCUT2D eigenvalue weighted by Crippen LogP contribution is -2.45. The van der Waals surface area contributed by atoms with Crippen LogP contribution in [0.25, 0.3) is 0 Å². The summed E-state index contributed by atoms with van der Waals surface area (Å²) in [5.41, 5.74) is -1.55. The van der Waals surface area contributed by atoms with Crippen molar-refractivity contribution in [2.75, 3.05) is 59.3 Å². The molecule has 1 saturated heterocycles. The van der Waals surface area contributed by atoms with Crippen molar-refractivity contribution in [3.05, 3.63) is 0 Å². The maximum Gasteiger partial charge on any atom is 0.306 e. The molecular formula is C52H89NO12. The molecule has 0 radical (unpaired) electrons. The molecule has 0 aromatic heterocycles. The molecular weight excluding hydrogens is 831 g/mol. The highest BCUT2D eigenvalue weighted by Crippen LogP contribution is 2.54. The van der Waals surface area contributed by atoms with Gasteiger partial charge in [0.1, 0.15) is 31.8 Å². The van der Waals surface area contributed by atoms with E-state index in [2.05, 4.69) is 32.6 Å². The molecule has 0 amide bonds. The Kier molecular flexibility index (Phi) is 28.0. The molecule has 3 rings (SSSR count). The van der Waals surface area contributed by atoms with Gasteiger partial charge in [-0.25, -0.2) is 0 Å². The van der Waals surface area contributed by atoms with E-state index in [1.807, 2.05) is 0 Å². The van der Waals surface area contributed by atoms with Crippen LogP contribution in [-0.2, 0) is 57.2 Å². The number of unbranched alkanes of at least 4 members (excludes halogenated alkanes) is 10. The molecule has 3 fully saturated rings. The van der Waals surface area contributed by atoms with Crippen LogP contribution in [0, 0.1) is 28.6 Å². The van der Waals surface area contributed by atoms with E-state index in [-0.39, 0.29) is 101 Å².